The van der Waals surface area contributed by atoms with E-state index in [4.69, 9.17) is 4.74 Å². The number of sulfone groups is 1. The second-order valence-corrected chi connectivity index (χ2v) is 13.5. The van der Waals surface area contributed by atoms with Gasteiger partial charge in [-0.3, -0.25) is 9.10 Å². The van der Waals surface area contributed by atoms with Gasteiger partial charge in [-0.15, -0.1) is 0 Å². The first kappa shape index (κ1) is 28.9. The number of unbranched alkanes of at least 4 members (excludes halogenated alkanes) is 4. The van der Waals surface area contributed by atoms with Crippen molar-refractivity contribution in [2.24, 2.45) is 0 Å². The lowest BCUT2D eigenvalue weighted by atomic mass is 10.1. The van der Waals surface area contributed by atoms with Crippen LogP contribution >= 0.6 is 0 Å². The van der Waals surface area contributed by atoms with Gasteiger partial charge < -0.3 is 15.4 Å². The first-order valence-corrected chi connectivity index (χ1v) is 16.1. The molecule has 1 amide bonds. The number of amides is 1. The van der Waals surface area contributed by atoms with Gasteiger partial charge in [0.1, 0.15) is 11.9 Å². The van der Waals surface area contributed by atoms with E-state index in [0.717, 1.165) is 49.2 Å². The van der Waals surface area contributed by atoms with Gasteiger partial charge in [-0.25, -0.2) is 16.8 Å². The highest BCUT2D eigenvalue weighted by Crippen LogP contribution is 2.29. The largest absolute Gasteiger partial charge is 0.489 e. The molecule has 37 heavy (non-hydrogen) atoms. The van der Waals surface area contributed by atoms with Crippen molar-refractivity contribution in [3.8, 4) is 5.75 Å². The van der Waals surface area contributed by atoms with Crippen LogP contribution in [0.15, 0.2) is 47.4 Å². The molecule has 1 fully saturated rings. The van der Waals surface area contributed by atoms with Crippen LogP contribution in [0.5, 0.6) is 5.75 Å². The summed E-state index contributed by atoms with van der Waals surface area (Å²) in [6, 6.07) is 10.7. The molecule has 0 saturated carbocycles. The molecule has 0 aromatic heterocycles. The van der Waals surface area contributed by atoms with Crippen molar-refractivity contribution in [3.05, 3.63) is 48.0 Å². The molecule has 0 aliphatic carbocycles. The Bertz CT molecular complexity index is 1270. The number of nitrogens with zero attached hydrogens (tertiary/aromatic N) is 1. The molecule has 3 rings (SSSR count). The molecule has 9 nitrogen and oxygen atoms in total. The SMILES string of the molecule is CCCCCCCS(=O)(=O)c1ccc(NC(=O)c2ccc(OC3CCNC3)cc2N(C)S(C)(=O)=O)cc1. The lowest BCUT2D eigenvalue weighted by Crippen LogP contribution is -2.28. The molecule has 2 aromatic carbocycles. The first-order chi connectivity index (χ1) is 17.5. The predicted molar refractivity (Wildman–Crippen MR) is 147 cm³/mol. The molecule has 0 spiro atoms. The number of carbonyl (C=O) groups excluding carboxylic acids is 1. The number of benzene rings is 2. The highest BCUT2D eigenvalue weighted by molar-refractivity contribution is 7.92. The molecule has 1 saturated heterocycles. The minimum Gasteiger partial charge on any atom is -0.489 e. The fourth-order valence-corrected chi connectivity index (χ4v) is 5.97. The van der Waals surface area contributed by atoms with Crippen LogP contribution in [0.4, 0.5) is 11.4 Å². The van der Waals surface area contributed by atoms with Crippen LogP contribution in [0.25, 0.3) is 0 Å². The summed E-state index contributed by atoms with van der Waals surface area (Å²) in [4.78, 5) is 13.3. The van der Waals surface area contributed by atoms with Crippen LogP contribution in [0.3, 0.4) is 0 Å². The smallest absolute Gasteiger partial charge is 0.257 e. The summed E-state index contributed by atoms with van der Waals surface area (Å²) in [6.45, 7) is 3.66. The van der Waals surface area contributed by atoms with Crippen molar-refractivity contribution in [1.29, 1.82) is 0 Å². The third kappa shape index (κ3) is 8.18. The van der Waals surface area contributed by atoms with E-state index in [9.17, 15) is 21.6 Å². The van der Waals surface area contributed by atoms with Crippen molar-refractivity contribution in [2.75, 3.05) is 41.8 Å². The van der Waals surface area contributed by atoms with Gasteiger partial charge in [-0.05, 0) is 55.8 Å². The normalized spacial score (nSPS) is 15.9. The summed E-state index contributed by atoms with van der Waals surface area (Å²) in [7, 11) is -5.66. The number of sulfonamides is 1. The van der Waals surface area contributed by atoms with Crippen molar-refractivity contribution in [1.82, 2.24) is 5.32 Å². The number of carbonyl (C=O) groups is 1. The Labute approximate surface area is 220 Å². The zero-order valence-electron chi connectivity index (χ0n) is 21.7. The average Bonchev–Trinajstić information content (AvgIpc) is 3.36. The third-order valence-corrected chi connectivity index (χ3v) is 9.36. The summed E-state index contributed by atoms with van der Waals surface area (Å²) in [6.07, 6.45) is 6.60. The van der Waals surface area contributed by atoms with Gasteiger partial charge in [-0.1, -0.05) is 32.6 Å². The maximum absolute atomic E-state index is 13.1. The quantitative estimate of drug-likeness (QED) is 0.363. The van der Waals surface area contributed by atoms with Gasteiger partial charge in [-0.2, -0.15) is 0 Å². The first-order valence-electron chi connectivity index (χ1n) is 12.6. The predicted octanol–water partition coefficient (Wildman–Crippen LogP) is 3.82. The van der Waals surface area contributed by atoms with E-state index in [2.05, 4.69) is 17.6 Å². The summed E-state index contributed by atoms with van der Waals surface area (Å²) in [5.74, 6) is 0.0423. The molecule has 2 N–H and O–H groups in total. The molecular weight excluding hydrogens is 514 g/mol. The number of ether oxygens (including phenoxy) is 1. The van der Waals surface area contributed by atoms with Crippen LogP contribution in [0, 0.1) is 0 Å². The summed E-state index contributed by atoms with van der Waals surface area (Å²) >= 11 is 0. The van der Waals surface area contributed by atoms with Crippen LogP contribution in [0.1, 0.15) is 55.8 Å². The number of anilines is 2. The topological polar surface area (TPSA) is 122 Å². The molecular formula is C26H37N3O6S2. The Morgan fingerprint density at radius 2 is 1.76 bits per heavy atom. The molecule has 0 radical (unpaired) electrons. The Balaban J connectivity index is 1.74. The monoisotopic (exact) mass is 551 g/mol. The van der Waals surface area contributed by atoms with E-state index in [1.54, 1.807) is 12.1 Å². The molecule has 1 heterocycles. The maximum Gasteiger partial charge on any atom is 0.257 e. The number of nitrogens with one attached hydrogen (secondary N) is 2. The van der Waals surface area contributed by atoms with Crippen molar-refractivity contribution in [2.45, 2.75) is 56.4 Å². The highest BCUT2D eigenvalue weighted by atomic mass is 32.2. The van der Waals surface area contributed by atoms with Crippen LogP contribution < -0.4 is 19.7 Å². The standard InChI is InChI=1S/C26H37N3O6S2/c1-4-5-6-7-8-17-37(33,34)23-12-9-20(10-13-23)28-26(30)24-14-11-21(35-22-15-16-27-19-22)18-25(24)29(2)36(3,31)32/h9-14,18,22,27H,4-8,15-17,19H2,1-3H3,(H,28,30). The highest BCUT2D eigenvalue weighted by Gasteiger charge is 2.23. The molecule has 1 aliphatic rings. The minimum atomic E-state index is -3.65. The molecule has 2 aromatic rings. The molecule has 204 valence electrons. The third-order valence-electron chi connectivity index (χ3n) is 6.36. The van der Waals surface area contributed by atoms with E-state index in [1.165, 1.54) is 37.4 Å². The zero-order chi connectivity index (χ0) is 27.1. The number of hydrogen-bond donors (Lipinski definition) is 2. The second kappa shape index (κ2) is 12.7. The Morgan fingerprint density at radius 3 is 2.38 bits per heavy atom. The molecule has 11 heteroatoms. The van der Waals surface area contributed by atoms with Crippen molar-refractivity contribution >= 4 is 37.1 Å². The minimum absolute atomic E-state index is 0.0257. The average molecular weight is 552 g/mol. The van der Waals surface area contributed by atoms with E-state index in [0.29, 0.717) is 24.4 Å². The van der Waals surface area contributed by atoms with E-state index in [-0.39, 0.29) is 28.0 Å². The van der Waals surface area contributed by atoms with E-state index in [1.807, 2.05) is 0 Å². The number of rotatable bonds is 13. The van der Waals surface area contributed by atoms with Gasteiger partial charge in [0.25, 0.3) is 5.91 Å². The van der Waals surface area contributed by atoms with Gasteiger partial charge in [0.15, 0.2) is 9.84 Å². The van der Waals surface area contributed by atoms with Crippen LogP contribution in [-0.4, -0.2) is 61.0 Å². The summed E-state index contributed by atoms with van der Waals surface area (Å²) < 4.78 is 56.8. The van der Waals surface area contributed by atoms with E-state index >= 15 is 0 Å². The van der Waals surface area contributed by atoms with Crippen LogP contribution in [0.2, 0.25) is 0 Å². The van der Waals surface area contributed by atoms with Crippen LogP contribution in [-0.2, 0) is 19.9 Å². The second-order valence-electron chi connectivity index (χ2n) is 9.35. The zero-order valence-corrected chi connectivity index (χ0v) is 23.3. The maximum atomic E-state index is 13.1. The lowest BCUT2D eigenvalue weighted by Gasteiger charge is -2.22. The molecule has 1 atom stereocenters. The Hall–Kier alpha value is -2.63. The molecule has 0 bridgehead atoms. The van der Waals surface area contributed by atoms with Gasteiger partial charge in [0.2, 0.25) is 10.0 Å². The van der Waals surface area contributed by atoms with Crippen molar-refractivity contribution < 1.29 is 26.4 Å². The van der Waals surface area contributed by atoms with Gasteiger partial charge >= 0.3 is 0 Å². The van der Waals surface area contributed by atoms with Crippen molar-refractivity contribution in [3.63, 3.8) is 0 Å². The summed E-state index contributed by atoms with van der Waals surface area (Å²) in [5.41, 5.74) is 0.733. The molecule has 1 unspecified atom stereocenters. The lowest BCUT2D eigenvalue weighted by molar-refractivity contribution is 0.102. The van der Waals surface area contributed by atoms with Gasteiger partial charge in [0, 0.05) is 25.3 Å². The Kier molecular flexibility index (Phi) is 9.97. The Morgan fingerprint density at radius 1 is 1.05 bits per heavy atom. The molecule has 1 aliphatic heterocycles. The van der Waals surface area contributed by atoms with Gasteiger partial charge in [0.05, 0.1) is 28.2 Å². The fourth-order valence-electron chi connectivity index (χ4n) is 4.09. The number of hydrogen-bond acceptors (Lipinski definition) is 7. The van der Waals surface area contributed by atoms with E-state index < -0.39 is 25.8 Å². The fraction of sp³-hybridized carbons (Fsp3) is 0.500. The summed E-state index contributed by atoms with van der Waals surface area (Å²) in [5, 5.41) is 5.94.